The fourth-order valence-electron chi connectivity index (χ4n) is 5.65. The molecule has 0 aromatic rings. The number of hydrogen-bond acceptors (Lipinski definition) is 10. The van der Waals surface area contributed by atoms with Gasteiger partial charge in [-0.2, -0.15) is 0 Å². The van der Waals surface area contributed by atoms with E-state index in [1.807, 2.05) is 12.2 Å². The predicted octanol–water partition coefficient (Wildman–Crippen LogP) is 10.2. The molecule has 1 fully saturated rings. The molecule has 0 aliphatic carbocycles. The normalized spacial score (nSPS) is 17.9. The van der Waals surface area contributed by atoms with E-state index in [0.717, 1.165) is 64.2 Å². The highest BCUT2D eigenvalue weighted by atomic mass is 31.2. The van der Waals surface area contributed by atoms with E-state index in [2.05, 4.69) is 67.0 Å². The number of esters is 2. The number of rotatable bonds is 38. The van der Waals surface area contributed by atoms with Crippen molar-refractivity contribution in [2.75, 3.05) is 19.8 Å². The third-order valence-corrected chi connectivity index (χ3v) is 10.1. The van der Waals surface area contributed by atoms with Crippen molar-refractivity contribution in [2.24, 2.45) is 5.73 Å². The van der Waals surface area contributed by atoms with Crippen LogP contribution in [0.2, 0.25) is 0 Å². The summed E-state index contributed by atoms with van der Waals surface area (Å²) in [4.78, 5) is 45.9. The molecule has 0 amide bonds. The summed E-state index contributed by atoms with van der Waals surface area (Å²) < 4.78 is 38.3. The number of carboxylic acids is 1. The van der Waals surface area contributed by atoms with E-state index in [1.165, 1.54) is 44.9 Å². The molecule has 1 saturated heterocycles. The molecule has 0 aromatic heterocycles. The fourth-order valence-corrected chi connectivity index (χ4v) is 6.43. The highest BCUT2D eigenvalue weighted by Gasteiger charge is 2.36. The summed E-state index contributed by atoms with van der Waals surface area (Å²) in [5.41, 5.74) is 5.32. The lowest BCUT2D eigenvalue weighted by Gasteiger charge is -2.20. The Kier molecular flexibility index (Phi) is 32.1. The fraction of sp³-hybridized carbons (Fsp3) is 0.705. The van der Waals surface area contributed by atoms with Gasteiger partial charge in [-0.05, 0) is 77.0 Å². The van der Waals surface area contributed by atoms with E-state index in [9.17, 15) is 23.8 Å². The van der Waals surface area contributed by atoms with E-state index in [1.54, 1.807) is 0 Å². The molecule has 12 nitrogen and oxygen atoms in total. The lowest BCUT2D eigenvalue weighted by molar-refractivity contribution is -0.161. The summed E-state index contributed by atoms with van der Waals surface area (Å²) >= 11 is 0. The van der Waals surface area contributed by atoms with Crippen molar-refractivity contribution in [3.63, 3.8) is 0 Å². The van der Waals surface area contributed by atoms with Crippen molar-refractivity contribution in [2.45, 2.75) is 179 Å². The molecule has 1 rings (SSSR count). The van der Waals surface area contributed by atoms with Gasteiger partial charge in [0.05, 0.1) is 25.4 Å². The number of allylic oxidation sites excluding steroid dienone is 9. The zero-order chi connectivity index (χ0) is 41.8. The van der Waals surface area contributed by atoms with Gasteiger partial charge in [-0.25, -0.2) is 4.57 Å². The van der Waals surface area contributed by atoms with Crippen molar-refractivity contribution >= 4 is 25.7 Å². The van der Waals surface area contributed by atoms with Crippen molar-refractivity contribution in [1.82, 2.24) is 0 Å². The van der Waals surface area contributed by atoms with Gasteiger partial charge >= 0.3 is 25.7 Å². The second kappa shape index (κ2) is 35.1. The van der Waals surface area contributed by atoms with Crippen LogP contribution in [0.4, 0.5) is 0 Å². The Labute approximate surface area is 343 Å². The second-order valence-electron chi connectivity index (χ2n) is 14.5. The Morgan fingerprint density at radius 3 is 1.82 bits per heavy atom. The zero-order valence-corrected chi connectivity index (χ0v) is 35.7. The summed E-state index contributed by atoms with van der Waals surface area (Å²) in [5, 5.41) is 8.88. The van der Waals surface area contributed by atoms with E-state index >= 15 is 0 Å². The molecular formula is C44H74NO11P. The first-order chi connectivity index (χ1) is 27.6. The summed E-state index contributed by atoms with van der Waals surface area (Å²) in [7, 11) is -4.74. The van der Waals surface area contributed by atoms with Gasteiger partial charge in [-0.1, -0.05) is 126 Å². The first kappa shape index (κ1) is 52.2. The van der Waals surface area contributed by atoms with Crippen molar-refractivity contribution < 1.29 is 52.2 Å². The summed E-state index contributed by atoms with van der Waals surface area (Å²) in [6.45, 7) is 2.65. The first-order valence-electron chi connectivity index (χ1n) is 21.4. The van der Waals surface area contributed by atoms with Crippen molar-refractivity contribution in [3.8, 4) is 0 Å². The van der Waals surface area contributed by atoms with Crippen LogP contribution in [0.25, 0.3) is 0 Å². The molecule has 0 saturated carbocycles. The number of carbonyl (C=O) groups excluding carboxylic acids is 2. The molecule has 57 heavy (non-hydrogen) atoms. The Morgan fingerprint density at radius 1 is 0.649 bits per heavy atom. The number of unbranched alkanes of at least 4 members (excludes halogenated alkanes) is 11. The Morgan fingerprint density at radius 2 is 1.18 bits per heavy atom. The van der Waals surface area contributed by atoms with Gasteiger partial charge in [0, 0.05) is 12.8 Å². The summed E-state index contributed by atoms with van der Waals surface area (Å²) in [6, 6.07) is -1.54. The molecule has 13 heteroatoms. The molecule has 0 bridgehead atoms. The lowest BCUT2D eigenvalue weighted by atomic mass is 10.1. The SMILES string of the molecule is CCCCC/C=C\C/C=C\CCCCCCCC(=O)OC[C@H](COP(=O)(O)OC[C@H](N)C(=O)O)OC(=O)CCC/C=C\C/C=C\C/C=C\CC1OC1CCCCC. The molecule has 5 atom stereocenters. The number of phosphoric acid groups is 1. The number of aliphatic carboxylic acids is 1. The molecule has 4 N–H and O–H groups in total. The molecule has 0 spiro atoms. The van der Waals surface area contributed by atoms with E-state index < -0.39 is 51.1 Å². The number of ether oxygens (including phenoxy) is 3. The smallest absolute Gasteiger partial charge is 0.472 e. The minimum atomic E-state index is -4.74. The van der Waals surface area contributed by atoms with Crippen LogP contribution in [-0.2, 0) is 42.2 Å². The Balaban J connectivity index is 2.34. The standard InChI is InChI=1S/C44H74NO11P/c1-3-5-7-8-9-10-11-12-13-14-15-19-22-25-29-33-42(46)52-35-38(36-53-57(50,51)54-37-39(45)44(48)49)55-43(47)34-30-26-23-20-17-16-18-21-24-28-32-41-40(56-41)31-27-6-4-2/h9-10,12-13,16,18,20,23-24,28,38-41H,3-8,11,14-15,17,19,21-22,25-27,29-37,45H2,1-2H3,(H,48,49)(H,50,51)/b10-9-,13-12-,18-16-,23-20-,28-24-/t38-,39+,40?,41?/m1/s1. The van der Waals surface area contributed by atoms with Crippen LogP contribution in [0.3, 0.4) is 0 Å². The van der Waals surface area contributed by atoms with Gasteiger partial charge in [-0.3, -0.25) is 23.4 Å². The van der Waals surface area contributed by atoms with Gasteiger partial charge in [0.2, 0.25) is 0 Å². The van der Waals surface area contributed by atoms with Crippen LogP contribution in [0.15, 0.2) is 60.8 Å². The van der Waals surface area contributed by atoms with Gasteiger partial charge < -0.3 is 29.9 Å². The summed E-state index contributed by atoms with van der Waals surface area (Å²) in [5.74, 6) is -2.48. The van der Waals surface area contributed by atoms with Crippen LogP contribution < -0.4 is 5.73 Å². The monoisotopic (exact) mass is 823 g/mol. The van der Waals surface area contributed by atoms with E-state index in [0.29, 0.717) is 31.5 Å². The average Bonchev–Trinajstić information content (AvgIpc) is 3.94. The van der Waals surface area contributed by atoms with Crippen LogP contribution in [0.5, 0.6) is 0 Å². The predicted molar refractivity (Wildman–Crippen MR) is 225 cm³/mol. The third kappa shape index (κ3) is 32.8. The number of hydrogen-bond donors (Lipinski definition) is 3. The van der Waals surface area contributed by atoms with Crippen molar-refractivity contribution in [3.05, 3.63) is 60.8 Å². The number of phosphoric ester groups is 1. The highest BCUT2D eigenvalue weighted by molar-refractivity contribution is 7.47. The van der Waals surface area contributed by atoms with Crippen LogP contribution >= 0.6 is 7.82 Å². The largest absolute Gasteiger partial charge is 0.480 e. The maximum atomic E-state index is 12.6. The quantitative estimate of drug-likeness (QED) is 0.0176. The van der Waals surface area contributed by atoms with Gasteiger partial charge in [0.1, 0.15) is 12.6 Å². The third-order valence-electron chi connectivity index (χ3n) is 9.16. The number of nitrogens with two attached hydrogens (primary N) is 1. The molecule has 1 aliphatic rings. The van der Waals surface area contributed by atoms with Gasteiger partial charge in [0.15, 0.2) is 6.10 Å². The second-order valence-corrected chi connectivity index (χ2v) is 16.0. The van der Waals surface area contributed by atoms with Crippen molar-refractivity contribution in [1.29, 1.82) is 0 Å². The maximum Gasteiger partial charge on any atom is 0.472 e. The Bertz CT molecular complexity index is 1260. The molecule has 0 aromatic carbocycles. The van der Waals surface area contributed by atoms with Gasteiger partial charge in [-0.15, -0.1) is 0 Å². The number of epoxide rings is 1. The molecule has 1 aliphatic heterocycles. The van der Waals surface area contributed by atoms with Gasteiger partial charge in [0.25, 0.3) is 0 Å². The molecular weight excluding hydrogens is 749 g/mol. The highest BCUT2D eigenvalue weighted by Crippen LogP contribution is 2.43. The minimum Gasteiger partial charge on any atom is -0.480 e. The van der Waals surface area contributed by atoms with Crippen LogP contribution in [0.1, 0.15) is 155 Å². The average molecular weight is 824 g/mol. The maximum absolute atomic E-state index is 12.6. The van der Waals surface area contributed by atoms with Crippen LogP contribution in [0, 0.1) is 0 Å². The first-order valence-corrected chi connectivity index (χ1v) is 22.9. The van der Waals surface area contributed by atoms with E-state index in [4.69, 9.17) is 29.6 Å². The zero-order valence-electron chi connectivity index (χ0n) is 34.9. The number of carboxylic acid groups (broad SMARTS) is 1. The Hall–Kier alpha value is -2.86. The minimum absolute atomic E-state index is 0.0757. The lowest BCUT2D eigenvalue weighted by Crippen LogP contribution is -2.34. The summed E-state index contributed by atoms with van der Waals surface area (Å²) in [6.07, 6.45) is 41.8. The van der Waals surface area contributed by atoms with E-state index in [-0.39, 0.29) is 19.4 Å². The number of carbonyl (C=O) groups is 3. The molecule has 3 unspecified atom stereocenters. The molecule has 0 radical (unpaired) electrons. The molecule has 326 valence electrons. The van der Waals surface area contributed by atoms with Crippen LogP contribution in [-0.4, -0.2) is 72.1 Å². The molecule has 1 heterocycles. The topological polar surface area (TPSA) is 184 Å².